The van der Waals surface area contributed by atoms with E-state index in [0.717, 1.165) is 30.4 Å². The minimum atomic E-state index is -5.75. The Morgan fingerprint density at radius 3 is 2.38 bits per heavy atom. The molecule has 0 bridgehead atoms. The molecule has 4 aliphatic carbocycles. The molecule has 0 saturated heterocycles. The number of hydrogen-bond acceptors (Lipinski definition) is 5. The van der Waals surface area contributed by atoms with Gasteiger partial charge in [0.1, 0.15) is 11.5 Å². The summed E-state index contributed by atoms with van der Waals surface area (Å²) in [6.07, 6.45) is 6.53. The molecule has 2 fully saturated rings. The van der Waals surface area contributed by atoms with Crippen LogP contribution in [0.3, 0.4) is 0 Å². The van der Waals surface area contributed by atoms with Crippen LogP contribution in [0.25, 0.3) is 0 Å². The minimum Gasteiger partial charge on any atom is -0.376 e. The van der Waals surface area contributed by atoms with Gasteiger partial charge in [0, 0.05) is 24.2 Å². The predicted molar refractivity (Wildman–Crippen MR) is 117 cm³/mol. The second-order valence-corrected chi connectivity index (χ2v) is 11.5. The van der Waals surface area contributed by atoms with Crippen LogP contribution in [0.2, 0.25) is 0 Å². The average Bonchev–Trinajstić information content (AvgIpc) is 3.06. The lowest BCUT2D eigenvalue weighted by Gasteiger charge is -2.50. The number of carbonyl (C=O) groups excluding carboxylic acids is 2. The number of fused-ring (bicyclic) bond motifs is 4. The van der Waals surface area contributed by atoms with Gasteiger partial charge in [0.2, 0.25) is 0 Å². The monoisotopic (exact) mass is 494 g/mol. The van der Waals surface area contributed by atoms with E-state index in [1.54, 1.807) is 18.2 Å². The molecule has 0 amide bonds. The fraction of sp³-hybridized carbons (Fsp3) is 0.520. The van der Waals surface area contributed by atoms with Crippen molar-refractivity contribution in [2.45, 2.75) is 63.3 Å². The van der Waals surface area contributed by atoms with Crippen LogP contribution in [0.5, 0.6) is 5.75 Å². The SMILES string of the molecule is C[C@]12C[C@H](c3ccc(OS(=O)(=O)C(F)(F)F)cc3)C3=C4CCC(=O)C=C4CCC3C1CCC2=O. The van der Waals surface area contributed by atoms with Gasteiger partial charge < -0.3 is 4.18 Å². The number of allylic oxidation sites excluding steroid dienone is 4. The van der Waals surface area contributed by atoms with Gasteiger partial charge in [0.25, 0.3) is 0 Å². The van der Waals surface area contributed by atoms with E-state index in [1.165, 1.54) is 23.3 Å². The van der Waals surface area contributed by atoms with Gasteiger partial charge in [-0.15, -0.1) is 0 Å². The van der Waals surface area contributed by atoms with Gasteiger partial charge in [0.05, 0.1) is 0 Å². The minimum absolute atomic E-state index is 0.124. The second-order valence-electron chi connectivity index (χ2n) is 10.0. The van der Waals surface area contributed by atoms with Crippen molar-refractivity contribution >= 4 is 21.7 Å². The van der Waals surface area contributed by atoms with E-state index in [1.807, 2.05) is 6.92 Å². The first-order chi connectivity index (χ1) is 15.9. The highest BCUT2D eigenvalue weighted by Crippen LogP contribution is 2.62. The number of benzene rings is 1. The maximum atomic E-state index is 12.9. The second kappa shape index (κ2) is 7.80. The highest BCUT2D eigenvalue weighted by atomic mass is 32.2. The molecule has 0 aromatic heterocycles. The maximum absolute atomic E-state index is 12.9. The first kappa shape index (κ1) is 23.3. The first-order valence-corrected chi connectivity index (χ1v) is 12.9. The van der Waals surface area contributed by atoms with E-state index >= 15 is 0 Å². The third-order valence-corrected chi connectivity index (χ3v) is 9.19. The number of ketones is 2. The van der Waals surface area contributed by atoms with Crippen LogP contribution in [-0.2, 0) is 19.7 Å². The van der Waals surface area contributed by atoms with Crippen LogP contribution < -0.4 is 4.18 Å². The predicted octanol–water partition coefficient (Wildman–Crippen LogP) is 5.38. The molecular weight excluding hydrogens is 469 g/mol. The summed E-state index contributed by atoms with van der Waals surface area (Å²) in [6.45, 7) is 2.03. The maximum Gasteiger partial charge on any atom is 0.534 e. The molecule has 5 nitrogen and oxygen atoms in total. The van der Waals surface area contributed by atoms with E-state index in [9.17, 15) is 31.2 Å². The van der Waals surface area contributed by atoms with Crippen molar-refractivity contribution in [1.82, 2.24) is 0 Å². The van der Waals surface area contributed by atoms with Crippen molar-refractivity contribution in [2.75, 3.05) is 0 Å². The van der Waals surface area contributed by atoms with E-state index < -0.39 is 26.8 Å². The van der Waals surface area contributed by atoms with Gasteiger partial charge in [-0.05, 0) is 78.9 Å². The van der Waals surface area contributed by atoms with E-state index in [0.29, 0.717) is 25.7 Å². The molecule has 4 atom stereocenters. The Bertz CT molecular complexity index is 1230. The summed E-state index contributed by atoms with van der Waals surface area (Å²) >= 11 is 0. The smallest absolute Gasteiger partial charge is 0.376 e. The van der Waals surface area contributed by atoms with Crippen LogP contribution in [0.15, 0.2) is 47.1 Å². The van der Waals surface area contributed by atoms with Gasteiger partial charge in [-0.2, -0.15) is 21.6 Å². The standard InChI is InChI=1S/C25H25F3O5S/c1-24-13-20(14-2-6-17(7-3-14)33-34(31,32)25(26,27)28)23-18-9-5-16(29)12-15(18)4-8-19(23)21(24)10-11-22(24)30/h2-3,6-7,12,19-21H,4-5,8-11,13H2,1H3/t19?,20-,21?,24+/m1/s1. The topological polar surface area (TPSA) is 77.5 Å². The van der Waals surface area contributed by atoms with Crippen molar-refractivity contribution < 1.29 is 35.4 Å². The van der Waals surface area contributed by atoms with Crippen molar-refractivity contribution in [2.24, 2.45) is 17.3 Å². The van der Waals surface area contributed by atoms with Gasteiger partial charge in [-0.25, -0.2) is 0 Å². The molecule has 2 saturated carbocycles. The molecule has 1 aromatic rings. The van der Waals surface area contributed by atoms with Crippen LogP contribution in [0.1, 0.15) is 63.4 Å². The summed E-state index contributed by atoms with van der Waals surface area (Å²) in [4.78, 5) is 25.0. The van der Waals surface area contributed by atoms with Crippen molar-refractivity contribution in [3.05, 3.63) is 52.6 Å². The van der Waals surface area contributed by atoms with Gasteiger partial charge in [-0.1, -0.05) is 24.6 Å². The molecule has 0 N–H and O–H groups in total. The zero-order valence-corrected chi connectivity index (χ0v) is 19.5. The lowest BCUT2D eigenvalue weighted by atomic mass is 9.53. The fourth-order valence-corrected chi connectivity index (χ4v) is 7.12. The van der Waals surface area contributed by atoms with Gasteiger partial charge >= 0.3 is 15.6 Å². The molecule has 0 spiro atoms. The zero-order chi connectivity index (χ0) is 24.5. The third kappa shape index (κ3) is 3.63. The largest absolute Gasteiger partial charge is 0.534 e. The van der Waals surface area contributed by atoms with Crippen molar-refractivity contribution in [3.63, 3.8) is 0 Å². The number of carbonyl (C=O) groups is 2. The van der Waals surface area contributed by atoms with Crippen LogP contribution in [-0.4, -0.2) is 25.5 Å². The number of Topliss-reactive ketones (excluding diaryl/α,β-unsaturated/α-hetero) is 1. The van der Waals surface area contributed by atoms with Crippen LogP contribution >= 0.6 is 0 Å². The fourth-order valence-electron chi connectivity index (χ4n) is 6.66. The number of rotatable bonds is 3. The molecule has 1 aromatic carbocycles. The molecule has 9 heteroatoms. The molecule has 182 valence electrons. The summed E-state index contributed by atoms with van der Waals surface area (Å²) in [7, 11) is -5.75. The van der Waals surface area contributed by atoms with Crippen molar-refractivity contribution in [3.8, 4) is 5.75 Å². The molecule has 0 aliphatic heterocycles. The Kier molecular flexibility index (Phi) is 5.35. The Morgan fingerprint density at radius 2 is 1.71 bits per heavy atom. The Balaban J connectivity index is 1.56. The highest BCUT2D eigenvalue weighted by molar-refractivity contribution is 7.88. The van der Waals surface area contributed by atoms with Crippen LogP contribution in [0.4, 0.5) is 13.2 Å². The highest BCUT2D eigenvalue weighted by Gasteiger charge is 2.56. The summed E-state index contributed by atoms with van der Waals surface area (Å²) in [6, 6.07) is 5.64. The molecule has 4 aliphatic rings. The Labute approximate surface area is 196 Å². The summed E-state index contributed by atoms with van der Waals surface area (Å²) in [5, 5.41) is 0. The molecule has 2 unspecified atom stereocenters. The van der Waals surface area contributed by atoms with Crippen molar-refractivity contribution in [1.29, 1.82) is 0 Å². The number of hydrogen-bond donors (Lipinski definition) is 0. The molecule has 34 heavy (non-hydrogen) atoms. The molecular formula is C25H25F3O5S. The van der Waals surface area contributed by atoms with Crippen LogP contribution in [0, 0.1) is 17.3 Å². The Hall–Kier alpha value is -2.42. The third-order valence-electron chi connectivity index (χ3n) is 8.22. The Morgan fingerprint density at radius 1 is 1.00 bits per heavy atom. The number of alkyl halides is 3. The summed E-state index contributed by atoms with van der Waals surface area (Å²) in [5.41, 5.74) is -1.66. The van der Waals surface area contributed by atoms with E-state index in [2.05, 4.69) is 4.18 Å². The molecule has 5 rings (SSSR count). The quantitative estimate of drug-likeness (QED) is 0.416. The lowest BCUT2D eigenvalue weighted by Crippen LogP contribution is -2.43. The molecule has 0 radical (unpaired) electrons. The zero-order valence-electron chi connectivity index (χ0n) is 18.7. The average molecular weight is 495 g/mol. The number of halogens is 3. The normalized spacial score (nSPS) is 31.5. The summed E-state index contributed by atoms with van der Waals surface area (Å²) in [5.74, 6) is 0.295. The van der Waals surface area contributed by atoms with Gasteiger partial charge in [0.15, 0.2) is 5.78 Å². The van der Waals surface area contributed by atoms with E-state index in [-0.39, 0.29) is 29.3 Å². The lowest BCUT2D eigenvalue weighted by molar-refractivity contribution is -0.128. The first-order valence-electron chi connectivity index (χ1n) is 11.5. The molecule has 0 heterocycles. The summed E-state index contributed by atoms with van der Waals surface area (Å²) < 4.78 is 65.0. The van der Waals surface area contributed by atoms with E-state index in [4.69, 9.17) is 0 Å². The van der Waals surface area contributed by atoms with Gasteiger partial charge in [-0.3, -0.25) is 9.59 Å².